The first-order valence-corrected chi connectivity index (χ1v) is 13.4. The summed E-state index contributed by atoms with van der Waals surface area (Å²) in [7, 11) is 0. The number of ether oxygens (including phenoxy) is 2. The molecule has 4 rings (SSSR count). The van der Waals surface area contributed by atoms with Gasteiger partial charge in [0.05, 0.1) is 0 Å². The maximum absolute atomic E-state index is 12.5. The molecule has 4 aromatic rings. The smallest absolute Gasteiger partial charge is 0.262 e. The van der Waals surface area contributed by atoms with Gasteiger partial charge in [-0.1, -0.05) is 35.3 Å². The highest BCUT2D eigenvalue weighted by molar-refractivity contribution is 6.31. The average molecular weight is 578 g/mol. The van der Waals surface area contributed by atoms with Gasteiger partial charge < -0.3 is 20.1 Å². The first kappa shape index (κ1) is 29.0. The van der Waals surface area contributed by atoms with Crippen LogP contribution in [0.3, 0.4) is 0 Å². The van der Waals surface area contributed by atoms with Crippen LogP contribution in [0.1, 0.15) is 22.3 Å². The number of amides is 2. The molecule has 0 saturated carbocycles. The standard InChI is InChI=1S/C32H30Cl2N2O4/c1-19-15-25(7-9-27(19)33)39-17-31(37)35-29-11-5-23(13-21(29)3)24-6-12-30(22(4)14-24)36-32(38)18-40-26-8-10-28(34)20(2)16-26/h5-16H,17-18H2,1-4H3,(H,35,37)(H,36,38). The van der Waals surface area contributed by atoms with Crippen molar-refractivity contribution >= 4 is 46.4 Å². The van der Waals surface area contributed by atoms with Crippen LogP contribution in [0.4, 0.5) is 11.4 Å². The van der Waals surface area contributed by atoms with Crippen LogP contribution in [0, 0.1) is 27.7 Å². The maximum atomic E-state index is 12.5. The molecule has 0 aromatic heterocycles. The summed E-state index contributed by atoms with van der Waals surface area (Å²) in [6.07, 6.45) is 0. The SMILES string of the molecule is Cc1cc(OCC(=O)Nc2ccc(-c3ccc(NC(=O)COc4ccc(Cl)c(C)c4)c(C)c3)cc2C)ccc1Cl. The highest BCUT2D eigenvalue weighted by Crippen LogP contribution is 2.28. The fourth-order valence-electron chi connectivity index (χ4n) is 4.05. The fourth-order valence-corrected chi connectivity index (χ4v) is 4.29. The molecule has 2 N–H and O–H groups in total. The van der Waals surface area contributed by atoms with Crippen LogP contribution in [-0.4, -0.2) is 25.0 Å². The molecule has 0 unspecified atom stereocenters. The van der Waals surface area contributed by atoms with E-state index in [9.17, 15) is 9.59 Å². The Labute approximate surface area is 244 Å². The third-order valence-electron chi connectivity index (χ3n) is 6.33. The van der Waals surface area contributed by atoms with E-state index < -0.39 is 0 Å². The van der Waals surface area contributed by atoms with E-state index in [2.05, 4.69) is 10.6 Å². The van der Waals surface area contributed by atoms with E-state index in [0.29, 0.717) is 32.9 Å². The predicted molar refractivity (Wildman–Crippen MR) is 162 cm³/mol. The molecule has 0 aliphatic rings. The molecule has 2 amide bonds. The average Bonchev–Trinajstić information content (AvgIpc) is 2.92. The molecule has 0 bridgehead atoms. The molecule has 6 nitrogen and oxygen atoms in total. The van der Waals surface area contributed by atoms with Crippen molar-refractivity contribution in [2.24, 2.45) is 0 Å². The number of hydrogen-bond acceptors (Lipinski definition) is 4. The van der Waals surface area contributed by atoms with Crippen molar-refractivity contribution in [2.75, 3.05) is 23.8 Å². The second kappa shape index (κ2) is 12.9. The molecular formula is C32H30Cl2N2O4. The lowest BCUT2D eigenvalue weighted by atomic mass is 10.00. The van der Waals surface area contributed by atoms with Crippen LogP contribution in [0.25, 0.3) is 11.1 Å². The van der Waals surface area contributed by atoms with Gasteiger partial charge in [0.15, 0.2) is 13.2 Å². The number of hydrogen-bond donors (Lipinski definition) is 2. The second-order valence-corrected chi connectivity index (χ2v) is 10.4. The first-order valence-electron chi connectivity index (χ1n) is 12.7. The molecule has 0 spiro atoms. The minimum atomic E-state index is -0.255. The number of carbonyl (C=O) groups is 2. The summed E-state index contributed by atoms with van der Waals surface area (Å²) in [4.78, 5) is 24.9. The summed E-state index contributed by atoms with van der Waals surface area (Å²) >= 11 is 12.1. The van der Waals surface area contributed by atoms with Crippen molar-refractivity contribution in [3.63, 3.8) is 0 Å². The van der Waals surface area contributed by atoms with Gasteiger partial charge in [-0.3, -0.25) is 9.59 Å². The van der Waals surface area contributed by atoms with Crippen molar-refractivity contribution in [1.29, 1.82) is 0 Å². The lowest BCUT2D eigenvalue weighted by Crippen LogP contribution is -2.20. The number of rotatable bonds is 9. The van der Waals surface area contributed by atoms with Crippen LogP contribution in [0.2, 0.25) is 10.0 Å². The molecule has 0 aliphatic heterocycles. The zero-order valence-electron chi connectivity index (χ0n) is 22.7. The van der Waals surface area contributed by atoms with Crippen LogP contribution in [0.15, 0.2) is 72.8 Å². The van der Waals surface area contributed by atoms with E-state index in [0.717, 1.165) is 33.4 Å². The summed E-state index contributed by atoms with van der Waals surface area (Å²) in [5, 5.41) is 7.10. The van der Waals surface area contributed by atoms with E-state index >= 15 is 0 Å². The molecule has 0 heterocycles. The zero-order valence-corrected chi connectivity index (χ0v) is 24.2. The Bertz CT molecular complexity index is 1450. The number of carbonyl (C=O) groups excluding carboxylic acids is 2. The van der Waals surface area contributed by atoms with Crippen LogP contribution in [-0.2, 0) is 9.59 Å². The van der Waals surface area contributed by atoms with E-state index in [4.69, 9.17) is 32.7 Å². The van der Waals surface area contributed by atoms with Crippen molar-refractivity contribution in [3.05, 3.63) is 105 Å². The second-order valence-electron chi connectivity index (χ2n) is 9.56. The number of benzene rings is 4. The topological polar surface area (TPSA) is 76.7 Å². The summed E-state index contributed by atoms with van der Waals surface area (Å²) < 4.78 is 11.2. The van der Waals surface area contributed by atoms with E-state index in [-0.39, 0.29) is 25.0 Å². The van der Waals surface area contributed by atoms with Crippen molar-refractivity contribution in [2.45, 2.75) is 27.7 Å². The van der Waals surface area contributed by atoms with Gasteiger partial charge in [-0.25, -0.2) is 0 Å². The van der Waals surface area contributed by atoms with Gasteiger partial charge in [0.1, 0.15) is 11.5 Å². The molecule has 40 heavy (non-hydrogen) atoms. The highest BCUT2D eigenvalue weighted by Gasteiger charge is 2.11. The molecule has 0 radical (unpaired) electrons. The van der Waals surface area contributed by atoms with Gasteiger partial charge in [-0.05, 0) is 122 Å². The van der Waals surface area contributed by atoms with Crippen LogP contribution in [0.5, 0.6) is 11.5 Å². The predicted octanol–water partition coefficient (Wildman–Crippen LogP) is 7.93. The highest BCUT2D eigenvalue weighted by atomic mass is 35.5. The first-order chi connectivity index (χ1) is 19.1. The number of aryl methyl sites for hydroxylation is 4. The molecule has 0 fully saturated rings. The van der Waals surface area contributed by atoms with Gasteiger partial charge >= 0.3 is 0 Å². The largest absolute Gasteiger partial charge is 0.484 e. The Kier molecular flexibility index (Phi) is 9.35. The van der Waals surface area contributed by atoms with Gasteiger partial charge in [-0.15, -0.1) is 0 Å². The minimum Gasteiger partial charge on any atom is -0.484 e. The fraction of sp³-hybridized carbons (Fsp3) is 0.188. The molecule has 4 aromatic carbocycles. The van der Waals surface area contributed by atoms with E-state index in [1.165, 1.54) is 0 Å². The molecule has 8 heteroatoms. The maximum Gasteiger partial charge on any atom is 0.262 e. The molecule has 206 valence electrons. The van der Waals surface area contributed by atoms with E-state index in [1.807, 2.05) is 64.1 Å². The molecule has 0 aliphatic carbocycles. The number of anilines is 2. The number of nitrogens with one attached hydrogen (secondary N) is 2. The normalized spacial score (nSPS) is 10.7. The third-order valence-corrected chi connectivity index (χ3v) is 7.18. The van der Waals surface area contributed by atoms with Crippen molar-refractivity contribution in [3.8, 4) is 22.6 Å². The Morgan fingerprint density at radius 3 is 1.32 bits per heavy atom. The Morgan fingerprint density at radius 2 is 0.975 bits per heavy atom. The monoisotopic (exact) mass is 576 g/mol. The minimum absolute atomic E-state index is 0.112. The van der Waals surface area contributed by atoms with Crippen molar-refractivity contribution < 1.29 is 19.1 Å². The summed E-state index contributed by atoms with van der Waals surface area (Å²) in [6, 6.07) is 22.2. The number of halogens is 2. The molecule has 0 atom stereocenters. The van der Waals surface area contributed by atoms with Gasteiger partial charge in [0.2, 0.25) is 0 Å². The summed E-state index contributed by atoms with van der Waals surface area (Å²) in [5.41, 5.74) is 7.00. The summed E-state index contributed by atoms with van der Waals surface area (Å²) in [6.45, 7) is 7.41. The zero-order chi connectivity index (χ0) is 28.8. The summed E-state index contributed by atoms with van der Waals surface area (Å²) in [5.74, 6) is 0.663. The Morgan fingerprint density at radius 1 is 0.575 bits per heavy atom. The third kappa shape index (κ3) is 7.56. The van der Waals surface area contributed by atoms with Crippen LogP contribution >= 0.6 is 23.2 Å². The van der Waals surface area contributed by atoms with Gasteiger partial charge in [0.25, 0.3) is 11.8 Å². The van der Waals surface area contributed by atoms with Crippen molar-refractivity contribution in [1.82, 2.24) is 0 Å². The Hall–Kier alpha value is -4.00. The molecule has 0 saturated heterocycles. The van der Waals surface area contributed by atoms with Gasteiger partial charge in [-0.2, -0.15) is 0 Å². The van der Waals surface area contributed by atoms with Gasteiger partial charge in [0, 0.05) is 21.4 Å². The lowest BCUT2D eigenvalue weighted by Gasteiger charge is -2.14. The molecular weight excluding hydrogens is 547 g/mol. The quantitative estimate of drug-likeness (QED) is 0.212. The van der Waals surface area contributed by atoms with E-state index in [1.54, 1.807) is 36.4 Å². The lowest BCUT2D eigenvalue weighted by molar-refractivity contribution is -0.118. The Balaban J connectivity index is 1.33. The van der Waals surface area contributed by atoms with Crippen LogP contribution < -0.4 is 20.1 Å².